The topological polar surface area (TPSA) is 46.5 Å². The van der Waals surface area contributed by atoms with Gasteiger partial charge in [0.2, 0.25) is 0 Å². The number of hydrogen-bond donors (Lipinski definition) is 0. The molecule has 0 bridgehead atoms. The average Bonchev–Trinajstić information content (AvgIpc) is 2.63. The first-order valence-electron chi connectivity index (χ1n) is 7.33. The molecule has 0 aromatic heterocycles. The van der Waals surface area contributed by atoms with E-state index in [0.717, 1.165) is 10.5 Å². The van der Waals surface area contributed by atoms with Crippen LogP contribution >= 0.6 is 11.8 Å². The Morgan fingerprint density at radius 2 is 1.21 bits per heavy atom. The number of hydrogen-bond acceptors (Lipinski definition) is 3. The van der Waals surface area contributed by atoms with Crippen LogP contribution in [-0.2, 0) is 10.0 Å². The first-order chi connectivity index (χ1) is 11.6. The zero-order valence-corrected chi connectivity index (χ0v) is 14.4. The maximum absolute atomic E-state index is 12.6. The summed E-state index contributed by atoms with van der Waals surface area (Å²) in [5, 5.41) is 0.450. The fourth-order valence-electron chi connectivity index (χ4n) is 2.07. The van der Waals surface area contributed by atoms with Gasteiger partial charge in [-0.2, -0.15) is 12.8 Å². The van der Waals surface area contributed by atoms with E-state index < -0.39 is 10.0 Å². The summed E-state index contributed by atoms with van der Waals surface area (Å²) >= 11 is 1.33. The van der Waals surface area contributed by atoms with Crippen LogP contribution in [0.15, 0.2) is 105 Å². The van der Waals surface area contributed by atoms with Gasteiger partial charge in [-0.3, -0.25) is 0 Å². The van der Waals surface area contributed by atoms with Crippen LogP contribution in [0.1, 0.15) is 5.56 Å². The SMILES string of the molecule is O=S(=O)(/N=C(/Sc1ccccc1)c1ccccc1)c1ccccc1. The molecule has 120 valence electrons. The third-order valence-electron chi connectivity index (χ3n) is 3.22. The van der Waals surface area contributed by atoms with E-state index in [1.807, 2.05) is 60.7 Å². The van der Waals surface area contributed by atoms with E-state index in [-0.39, 0.29) is 4.90 Å². The highest BCUT2D eigenvalue weighted by molar-refractivity contribution is 8.15. The van der Waals surface area contributed by atoms with Crippen LogP contribution in [0.25, 0.3) is 0 Å². The second-order valence-corrected chi connectivity index (χ2v) is 7.63. The second kappa shape index (κ2) is 7.47. The first kappa shape index (κ1) is 16.5. The van der Waals surface area contributed by atoms with Crippen LogP contribution in [-0.4, -0.2) is 13.5 Å². The van der Waals surface area contributed by atoms with Crippen molar-refractivity contribution in [3.05, 3.63) is 96.6 Å². The Balaban J connectivity index is 2.04. The lowest BCUT2D eigenvalue weighted by Crippen LogP contribution is -2.03. The van der Waals surface area contributed by atoms with Crippen molar-refractivity contribution < 1.29 is 8.42 Å². The van der Waals surface area contributed by atoms with Gasteiger partial charge in [-0.05, 0) is 24.3 Å². The number of thioether (sulfide) groups is 1. The molecular formula is C19H15NO2S2. The van der Waals surface area contributed by atoms with Gasteiger partial charge >= 0.3 is 0 Å². The molecule has 0 N–H and O–H groups in total. The summed E-state index contributed by atoms with van der Waals surface area (Å²) in [6, 6.07) is 27.2. The van der Waals surface area contributed by atoms with Crippen LogP contribution in [0.4, 0.5) is 0 Å². The summed E-state index contributed by atoms with van der Waals surface area (Å²) in [5.74, 6) is 0. The summed E-state index contributed by atoms with van der Waals surface area (Å²) in [7, 11) is -3.76. The van der Waals surface area contributed by atoms with Gasteiger partial charge < -0.3 is 0 Å². The fraction of sp³-hybridized carbons (Fsp3) is 0. The highest BCUT2D eigenvalue weighted by Gasteiger charge is 2.16. The smallest absolute Gasteiger partial charge is 0.199 e. The fourth-order valence-corrected chi connectivity index (χ4v) is 4.21. The van der Waals surface area contributed by atoms with Crippen molar-refractivity contribution in [3.63, 3.8) is 0 Å². The lowest BCUT2D eigenvalue weighted by atomic mass is 10.2. The molecule has 0 saturated heterocycles. The van der Waals surface area contributed by atoms with Crippen molar-refractivity contribution in [2.24, 2.45) is 4.40 Å². The van der Waals surface area contributed by atoms with E-state index in [1.54, 1.807) is 30.3 Å². The molecule has 5 heteroatoms. The quantitative estimate of drug-likeness (QED) is 0.391. The van der Waals surface area contributed by atoms with Crippen molar-refractivity contribution in [2.75, 3.05) is 0 Å². The molecule has 0 saturated carbocycles. The Morgan fingerprint density at radius 3 is 1.79 bits per heavy atom. The zero-order valence-electron chi connectivity index (χ0n) is 12.7. The molecular weight excluding hydrogens is 338 g/mol. The lowest BCUT2D eigenvalue weighted by Gasteiger charge is -2.07. The first-order valence-corrected chi connectivity index (χ1v) is 9.59. The largest absolute Gasteiger partial charge is 0.283 e. The molecule has 0 fully saturated rings. The normalized spacial score (nSPS) is 12.1. The molecule has 3 nitrogen and oxygen atoms in total. The molecule has 3 aromatic carbocycles. The van der Waals surface area contributed by atoms with E-state index >= 15 is 0 Å². The maximum Gasteiger partial charge on any atom is 0.283 e. The molecule has 0 spiro atoms. The molecule has 0 radical (unpaired) electrons. The van der Waals surface area contributed by atoms with Gasteiger partial charge in [-0.15, -0.1) is 0 Å². The van der Waals surface area contributed by atoms with Crippen molar-refractivity contribution in [2.45, 2.75) is 9.79 Å². The summed E-state index contributed by atoms with van der Waals surface area (Å²) in [5.41, 5.74) is 0.769. The summed E-state index contributed by atoms with van der Waals surface area (Å²) < 4.78 is 29.3. The standard InChI is InChI=1S/C19H15NO2S2/c21-24(22,18-14-8-3-9-15-18)20-19(16-10-4-1-5-11-16)23-17-12-6-2-7-13-17/h1-15H/b20-19+. The predicted octanol–water partition coefficient (Wildman–Crippen LogP) is 4.61. The Kier molecular flexibility index (Phi) is 5.13. The minimum absolute atomic E-state index is 0.187. The van der Waals surface area contributed by atoms with Gasteiger partial charge in [0, 0.05) is 10.5 Å². The summed E-state index contributed by atoms with van der Waals surface area (Å²) in [4.78, 5) is 1.12. The Labute approximate surface area is 146 Å². The number of benzene rings is 3. The van der Waals surface area contributed by atoms with Gasteiger partial charge in [-0.25, -0.2) is 0 Å². The molecule has 0 aliphatic carbocycles. The van der Waals surface area contributed by atoms with Crippen molar-refractivity contribution >= 4 is 26.8 Å². The highest BCUT2D eigenvalue weighted by Crippen LogP contribution is 2.25. The minimum atomic E-state index is -3.76. The molecule has 3 rings (SSSR count). The number of sulfonamides is 1. The van der Waals surface area contributed by atoms with E-state index in [1.165, 1.54) is 11.8 Å². The Morgan fingerprint density at radius 1 is 0.708 bits per heavy atom. The molecule has 0 atom stereocenters. The van der Waals surface area contributed by atoms with Crippen molar-refractivity contribution in [1.29, 1.82) is 0 Å². The van der Waals surface area contributed by atoms with Crippen LogP contribution in [0, 0.1) is 0 Å². The number of nitrogens with zero attached hydrogens (tertiary/aromatic N) is 1. The van der Waals surface area contributed by atoms with E-state index in [9.17, 15) is 8.42 Å². The Bertz CT molecular complexity index is 923. The van der Waals surface area contributed by atoms with E-state index in [2.05, 4.69) is 4.40 Å². The molecule has 0 amide bonds. The predicted molar refractivity (Wildman–Crippen MR) is 98.9 cm³/mol. The van der Waals surface area contributed by atoms with Gasteiger partial charge in [-0.1, -0.05) is 78.5 Å². The molecule has 0 aliphatic heterocycles. The van der Waals surface area contributed by atoms with Gasteiger partial charge in [0.1, 0.15) is 5.04 Å². The average molecular weight is 353 g/mol. The van der Waals surface area contributed by atoms with Crippen LogP contribution < -0.4 is 0 Å². The number of rotatable bonds is 4. The molecule has 24 heavy (non-hydrogen) atoms. The van der Waals surface area contributed by atoms with Gasteiger partial charge in [0.25, 0.3) is 10.0 Å². The monoisotopic (exact) mass is 353 g/mol. The third-order valence-corrected chi connectivity index (χ3v) is 5.66. The third kappa shape index (κ3) is 4.13. The minimum Gasteiger partial charge on any atom is -0.199 e. The molecule has 0 heterocycles. The van der Waals surface area contributed by atoms with Crippen molar-refractivity contribution in [1.82, 2.24) is 0 Å². The van der Waals surface area contributed by atoms with Crippen molar-refractivity contribution in [3.8, 4) is 0 Å². The Hall–Kier alpha value is -2.37. The van der Waals surface area contributed by atoms with E-state index in [0.29, 0.717) is 5.04 Å². The zero-order chi connectivity index (χ0) is 16.8. The maximum atomic E-state index is 12.6. The van der Waals surface area contributed by atoms with Gasteiger partial charge in [0.15, 0.2) is 0 Å². The van der Waals surface area contributed by atoms with Crippen LogP contribution in [0.3, 0.4) is 0 Å². The highest BCUT2D eigenvalue weighted by atomic mass is 32.2. The molecule has 0 aliphatic rings. The van der Waals surface area contributed by atoms with Crippen LogP contribution in [0.5, 0.6) is 0 Å². The second-order valence-electron chi connectivity index (χ2n) is 4.97. The summed E-state index contributed by atoms with van der Waals surface area (Å²) in [6.45, 7) is 0. The van der Waals surface area contributed by atoms with Gasteiger partial charge in [0.05, 0.1) is 4.90 Å². The lowest BCUT2D eigenvalue weighted by molar-refractivity contribution is 0.598. The molecule has 0 unspecified atom stereocenters. The molecule has 3 aromatic rings. The van der Waals surface area contributed by atoms with E-state index in [4.69, 9.17) is 0 Å². The van der Waals surface area contributed by atoms with Crippen LogP contribution in [0.2, 0.25) is 0 Å². The summed E-state index contributed by atoms with van der Waals surface area (Å²) in [6.07, 6.45) is 0.